The molecule has 1 aromatic heterocycles. The predicted molar refractivity (Wildman–Crippen MR) is 115 cm³/mol. The molecule has 1 atom stereocenters. The van der Waals surface area contributed by atoms with Crippen LogP contribution in [0, 0.1) is 0 Å². The van der Waals surface area contributed by atoms with Crippen molar-refractivity contribution in [1.29, 1.82) is 0 Å². The summed E-state index contributed by atoms with van der Waals surface area (Å²) in [7, 11) is 0. The molecule has 0 unspecified atom stereocenters. The summed E-state index contributed by atoms with van der Waals surface area (Å²) in [4.78, 5) is 42.4. The normalized spacial score (nSPS) is 11.4. The van der Waals surface area contributed by atoms with Crippen molar-refractivity contribution in [1.82, 2.24) is 10.3 Å². The van der Waals surface area contributed by atoms with Crippen molar-refractivity contribution in [2.45, 2.75) is 26.5 Å². The molecule has 0 bridgehead atoms. The Labute approximate surface area is 178 Å². The van der Waals surface area contributed by atoms with Crippen molar-refractivity contribution in [3.63, 3.8) is 0 Å². The summed E-state index contributed by atoms with van der Waals surface area (Å²) < 4.78 is 5.27. The van der Waals surface area contributed by atoms with Gasteiger partial charge in [0.05, 0.1) is 11.4 Å². The molecular formula is C22H21N3O4S. The molecule has 0 saturated carbocycles. The van der Waals surface area contributed by atoms with Crippen LogP contribution in [0.2, 0.25) is 0 Å². The van der Waals surface area contributed by atoms with E-state index in [0.717, 1.165) is 0 Å². The van der Waals surface area contributed by atoms with Gasteiger partial charge in [-0.05, 0) is 31.2 Å². The quantitative estimate of drug-likeness (QED) is 0.586. The minimum absolute atomic E-state index is 0.0542. The van der Waals surface area contributed by atoms with Crippen LogP contribution in [-0.4, -0.2) is 28.8 Å². The summed E-state index contributed by atoms with van der Waals surface area (Å²) in [6.45, 7) is 2.97. The van der Waals surface area contributed by atoms with Crippen LogP contribution < -0.4 is 10.2 Å². The number of para-hydroxylation sites is 1. The lowest BCUT2D eigenvalue weighted by molar-refractivity contribution is -0.146. The molecule has 0 aliphatic heterocycles. The van der Waals surface area contributed by atoms with E-state index >= 15 is 0 Å². The number of thiazole rings is 1. The Hall–Kier alpha value is -3.52. The highest BCUT2D eigenvalue weighted by Crippen LogP contribution is 2.28. The van der Waals surface area contributed by atoms with E-state index < -0.39 is 12.0 Å². The SMILES string of the molecule is CC(=O)N(c1ccccc1)c1nc(COC(=O)[C@H](C)NC(=O)c2ccccc2)cs1. The van der Waals surface area contributed by atoms with Gasteiger partial charge < -0.3 is 10.1 Å². The largest absolute Gasteiger partial charge is 0.458 e. The van der Waals surface area contributed by atoms with Crippen molar-refractivity contribution >= 4 is 39.9 Å². The molecule has 154 valence electrons. The minimum atomic E-state index is -0.811. The third kappa shape index (κ3) is 5.30. The van der Waals surface area contributed by atoms with Crippen LogP contribution in [0.4, 0.5) is 10.8 Å². The van der Waals surface area contributed by atoms with Gasteiger partial charge in [-0.25, -0.2) is 9.78 Å². The van der Waals surface area contributed by atoms with Gasteiger partial charge in [-0.1, -0.05) is 36.4 Å². The molecular weight excluding hydrogens is 402 g/mol. The first-order valence-corrected chi connectivity index (χ1v) is 10.2. The maximum atomic E-state index is 12.2. The molecule has 0 spiro atoms. The van der Waals surface area contributed by atoms with Crippen molar-refractivity contribution in [2.24, 2.45) is 0 Å². The van der Waals surface area contributed by atoms with Gasteiger partial charge in [0.1, 0.15) is 12.6 Å². The number of nitrogens with zero attached hydrogens (tertiary/aromatic N) is 2. The van der Waals surface area contributed by atoms with Crippen LogP contribution in [-0.2, 0) is 20.9 Å². The first-order valence-electron chi connectivity index (χ1n) is 9.28. The van der Waals surface area contributed by atoms with Crippen LogP contribution in [0.15, 0.2) is 66.0 Å². The highest BCUT2D eigenvalue weighted by Gasteiger charge is 2.20. The smallest absolute Gasteiger partial charge is 0.328 e. The summed E-state index contributed by atoms with van der Waals surface area (Å²) in [5.74, 6) is -1.09. The van der Waals surface area contributed by atoms with E-state index in [-0.39, 0.29) is 18.4 Å². The summed E-state index contributed by atoms with van der Waals surface area (Å²) in [5, 5.41) is 4.83. The average Bonchev–Trinajstić information content (AvgIpc) is 3.21. The number of ether oxygens (including phenoxy) is 1. The Kier molecular flexibility index (Phi) is 6.92. The Balaban J connectivity index is 1.58. The van der Waals surface area contributed by atoms with Crippen molar-refractivity contribution in [3.05, 3.63) is 77.3 Å². The average molecular weight is 423 g/mol. The van der Waals surface area contributed by atoms with Crippen LogP contribution in [0.5, 0.6) is 0 Å². The van der Waals surface area contributed by atoms with Crippen LogP contribution >= 0.6 is 11.3 Å². The van der Waals surface area contributed by atoms with Gasteiger partial charge in [0.25, 0.3) is 5.91 Å². The fraction of sp³-hybridized carbons (Fsp3) is 0.182. The number of anilines is 2. The summed E-state index contributed by atoms with van der Waals surface area (Å²) in [6, 6.07) is 17.0. The number of nitrogens with one attached hydrogen (secondary N) is 1. The molecule has 1 N–H and O–H groups in total. The predicted octanol–water partition coefficient (Wildman–Crippen LogP) is 3.69. The standard InChI is InChI=1S/C22H21N3O4S/c1-15(23-20(27)17-9-5-3-6-10-17)21(28)29-13-18-14-30-22(24-18)25(16(2)26)19-11-7-4-8-12-19/h3-12,14-15H,13H2,1-2H3,(H,23,27)/t15-/m0/s1. The third-order valence-corrected chi connectivity index (χ3v) is 5.03. The molecule has 1 heterocycles. The number of amides is 2. The Bertz CT molecular complexity index is 1020. The van der Waals surface area contributed by atoms with E-state index in [1.165, 1.54) is 23.2 Å². The molecule has 0 aliphatic rings. The topological polar surface area (TPSA) is 88.6 Å². The molecule has 0 fully saturated rings. The van der Waals surface area contributed by atoms with E-state index in [2.05, 4.69) is 10.3 Å². The van der Waals surface area contributed by atoms with Crippen LogP contribution in [0.3, 0.4) is 0 Å². The number of esters is 1. The number of carbonyl (C=O) groups is 3. The van der Waals surface area contributed by atoms with E-state index in [1.54, 1.807) is 36.6 Å². The maximum Gasteiger partial charge on any atom is 0.328 e. The van der Waals surface area contributed by atoms with E-state index in [4.69, 9.17) is 4.74 Å². The zero-order valence-corrected chi connectivity index (χ0v) is 17.4. The lowest BCUT2D eigenvalue weighted by atomic mass is 10.2. The summed E-state index contributed by atoms with van der Waals surface area (Å²) in [5.41, 5.74) is 1.69. The molecule has 3 aromatic rings. The highest BCUT2D eigenvalue weighted by atomic mass is 32.1. The molecule has 0 saturated heterocycles. The maximum absolute atomic E-state index is 12.2. The van der Waals surface area contributed by atoms with E-state index in [1.807, 2.05) is 36.4 Å². The molecule has 30 heavy (non-hydrogen) atoms. The van der Waals surface area contributed by atoms with E-state index in [9.17, 15) is 14.4 Å². The van der Waals surface area contributed by atoms with Gasteiger partial charge in [-0.3, -0.25) is 14.5 Å². The first-order chi connectivity index (χ1) is 14.5. The number of hydrogen-bond acceptors (Lipinski definition) is 6. The molecule has 0 radical (unpaired) electrons. The number of aromatic nitrogens is 1. The second kappa shape index (κ2) is 9.80. The van der Waals surface area contributed by atoms with Gasteiger partial charge in [0, 0.05) is 17.9 Å². The summed E-state index contributed by atoms with van der Waals surface area (Å²) in [6.07, 6.45) is 0. The highest BCUT2D eigenvalue weighted by molar-refractivity contribution is 7.14. The number of rotatable bonds is 7. The van der Waals surface area contributed by atoms with Gasteiger partial charge in [0.2, 0.25) is 5.91 Å². The molecule has 7 nitrogen and oxygen atoms in total. The van der Waals surface area contributed by atoms with Crippen molar-refractivity contribution in [2.75, 3.05) is 4.90 Å². The second-order valence-electron chi connectivity index (χ2n) is 6.48. The zero-order valence-electron chi connectivity index (χ0n) is 16.6. The molecule has 2 amide bonds. The Morgan fingerprint density at radius 3 is 2.33 bits per heavy atom. The number of benzene rings is 2. The van der Waals surface area contributed by atoms with Gasteiger partial charge in [-0.15, -0.1) is 11.3 Å². The minimum Gasteiger partial charge on any atom is -0.458 e. The molecule has 0 aliphatic carbocycles. The van der Waals surface area contributed by atoms with Crippen LogP contribution in [0.1, 0.15) is 29.9 Å². The fourth-order valence-corrected chi connectivity index (χ4v) is 3.54. The fourth-order valence-electron chi connectivity index (χ4n) is 2.67. The van der Waals surface area contributed by atoms with Crippen molar-refractivity contribution < 1.29 is 19.1 Å². The first kappa shape index (κ1) is 21.2. The Morgan fingerprint density at radius 2 is 1.70 bits per heavy atom. The lowest BCUT2D eigenvalue weighted by Crippen LogP contribution is -2.39. The molecule has 2 aromatic carbocycles. The Morgan fingerprint density at radius 1 is 1.07 bits per heavy atom. The van der Waals surface area contributed by atoms with Gasteiger partial charge in [0.15, 0.2) is 5.13 Å². The third-order valence-electron chi connectivity index (χ3n) is 4.16. The number of hydrogen-bond donors (Lipinski definition) is 1. The number of carbonyl (C=O) groups excluding carboxylic acids is 3. The molecule has 8 heteroatoms. The zero-order chi connectivity index (χ0) is 21.5. The van der Waals surface area contributed by atoms with Crippen LogP contribution in [0.25, 0.3) is 0 Å². The summed E-state index contributed by atoms with van der Waals surface area (Å²) >= 11 is 1.28. The van der Waals surface area contributed by atoms with Gasteiger partial charge >= 0.3 is 5.97 Å². The van der Waals surface area contributed by atoms with Crippen molar-refractivity contribution in [3.8, 4) is 0 Å². The van der Waals surface area contributed by atoms with E-state index in [0.29, 0.717) is 22.1 Å². The van der Waals surface area contributed by atoms with Gasteiger partial charge in [-0.2, -0.15) is 0 Å². The monoisotopic (exact) mass is 423 g/mol. The molecule has 3 rings (SSSR count). The second-order valence-corrected chi connectivity index (χ2v) is 7.32. The lowest BCUT2D eigenvalue weighted by Gasteiger charge is -2.17.